The molecule has 120 valence electrons. The minimum Gasteiger partial charge on any atom is -0.466 e. The van der Waals surface area contributed by atoms with Crippen LogP contribution in [0.5, 0.6) is 0 Å². The molecule has 0 aromatic heterocycles. The Morgan fingerprint density at radius 1 is 1.15 bits per heavy atom. The van der Waals surface area contributed by atoms with Gasteiger partial charge in [0.2, 0.25) is 0 Å². The summed E-state index contributed by atoms with van der Waals surface area (Å²) in [6.45, 7) is 10.5. The van der Waals surface area contributed by atoms with Crippen molar-refractivity contribution in [1.82, 2.24) is 0 Å². The van der Waals surface area contributed by atoms with Gasteiger partial charge in [0.25, 0.3) is 0 Å². The molecule has 0 bridgehead atoms. The fourth-order valence-electron chi connectivity index (χ4n) is 1.12. The molecule has 0 spiro atoms. The van der Waals surface area contributed by atoms with Crippen molar-refractivity contribution in [3.63, 3.8) is 0 Å². The molecule has 1 unspecified atom stereocenters. The monoisotopic (exact) mass is 306 g/mol. The molecule has 0 fully saturated rings. The summed E-state index contributed by atoms with van der Waals surface area (Å²) >= 11 is 1.78. The van der Waals surface area contributed by atoms with Crippen LogP contribution in [0.3, 0.4) is 0 Å². The molecule has 0 aromatic carbocycles. The summed E-state index contributed by atoms with van der Waals surface area (Å²) in [5, 5.41) is 0.388. The Morgan fingerprint density at radius 2 is 1.70 bits per heavy atom. The van der Waals surface area contributed by atoms with E-state index in [2.05, 4.69) is 11.7 Å². The molecular weight excluding hydrogens is 276 g/mol. The molecule has 0 heterocycles. The van der Waals surface area contributed by atoms with Gasteiger partial charge in [0.05, 0.1) is 19.6 Å². The van der Waals surface area contributed by atoms with Crippen LogP contribution in [0, 0.1) is 0 Å². The van der Waals surface area contributed by atoms with Crippen LogP contribution in [0.25, 0.3) is 0 Å². The molecule has 4 nitrogen and oxygen atoms in total. The van der Waals surface area contributed by atoms with Gasteiger partial charge in [-0.25, -0.2) is 4.79 Å². The second-order valence-electron chi connectivity index (χ2n) is 3.53. The van der Waals surface area contributed by atoms with E-state index in [1.807, 2.05) is 13.8 Å². The Labute approximate surface area is 128 Å². The zero-order valence-electron chi connectivity index (χ0n) is 12.6. The third kappa shape index (κ3) is 19.4. The van der Waals surface area contributed by atoms with E-state index in [9.17, 15) is 9.59 Å². The van der Waals surface area contributed by atoms with E-state index in [-0.39, 0.29) is 19.4 Å². The van der Waals surface area contributed by atoms with Crippen molar-refractivity contribution in [2.75, 3.05) is 19.0 Å². The number of thioether (sulfide) groups is 1. The molecule has 20 heavy (non-hydrogen) atoms. The highest BCUT2D eigenvalue weighted by molar-refractivity contribution is 7.99. The number of hydrogen-bond acceptors (Lipinski definition) is 5. The molecular formula is C15H30O4S. The Morgan fingerprint density at radius 3 is 2.10 bits per heavy atom. The van der Waals surface area contributed by atoms with Crippen LogP contribution in [0.1, 0.15) is 48.5 Å². The van der Waals surface area contributed by atoms with Crippen molar-refractivity contribution >= 4 is 23.7 Å². The number of allylic oxidation sites excluding steroid dienone is 1. The van der Waals surface area contributed by atoms with Gasteiger partial charge < -0.3 is 9.47 Å². The second-order valence-corrected chi connectivity index (χ2v) is 5.24. The van der Waals surface area contributed by atoms with E-state index >= 15 is 0 Å². The van der Waals surface area contributed by atoms with E-state index < -0.39 is 0 Å². The first-order chi connectivity index (χ1) is 9.01. The van der Waals surface area contributed by atoms with Gasteiger partial charge in [0, 0.05) is 11.3 Å². The summed E-state index contributed by atoms with van der Waals surface area (Å²) in [5.74, 6) is 0.705. The maximum atomic E-state index is 10.9. The quantitative estimate of drug-likeness (QED) is 0.528. The van der Waals surface area contributed by atoms with Crippen molar-refractivity contribution in [2.24, 2.45) is 0 Å². The van der Waals surface area contributed by atoms with Gasteiger partial charge in [0.15, 0.2) is 0 Å². The van der Waals surface area contributed by atoms with Gasteiger partial charge in [-0.1, -0.05) is 27.4 Å². The van der Waals surface area contributed by atoms with Gasteiger partial charge in [-0.3, -0.25) is 4.79 Å². The molecule has 0 radical (unpaired) electrons. The first kappa shape index (κ1) is 24.1. The average Bonchev–Trinajstić information content (AvgIpc) is 2.30. The lowest BCUT2D eigenvalue weighted by Gasteiger charge is -2.07. The number of ether oxygens (including phenoxy) is 2. The summed E-state index contributed by atoms with van der Waals surface area (Å²) < 4.78 is 9.36. The van der Waals surface area contributed by atoms with Gasteiger partial charge in [0.1, 0.15) is 0 Å². The van der Waals surface area contributed by atoms with Crippen molar-refractivity contribution < 1.29 is 19.1 Å². The van der Waals surface area contributed by atoms with E-state index in [4.69, 9.17) is 4.74 Å². The maximum Gasteiger partial charge on any atom is 0.330 e. The van der Waals surface area contributed by atoms with Gasteiger partial charge in [-0.2, -0.15) is 11.8 Å². The largest absolute Gasteiger partial charge is 0.466 e. The van der Waals surface area contributed by atoms with Crippen molar-refractivity contribution in [3.8, 4) is 0 Å². The number of carbonyl (C=O) groups is 2. The van der Waals surface area contributed by atoms with Gasteiger partial charge in [-0.15, -0.1) is 0 Å². The first-order valence-corrected chi connectivity index (χ1v) is 7.63. The standard InChI is InChI=1S/C8H16O2S.C6H10O2.CH4/c1-4-10-8(9)6-7(3)11-5-2;1-3-5-6(7)8-4-2;/h7H,4-6H2,1-3H3;3,5H,4H2,1-2H3;1H4/b;5-3+;. The van der Waals surface area contributed by atoms with Crippen LogP contribution in [0.2, 0.25) is 0 Å². The van der Waals surface area contributed by atoms with E-state index in [0.29, 0.717) is 24.9 Å². The Hall–Kier alpha value is -0.970. The predicted molar refractivity (Wildman–Crippen MR) is 87.0 cm³/mol. The van der Waals surface area contributed by atoms with Crippen LogP contribution in [0.4, 0.5) is 0 Å². The van der Waals surface area contributed by atoms with E-state index in [1.165, 1.54) is 6.08 Å². The van der Waals surface area contributed by atoms with Crippen LogP contribution >= 0.6 is 11.8 Å². The molecule has 0 aromatic rings. The zero-order valence-corrected chi connectivity index (χ0v) is 13.4. The molecule has 0 amide bonds. The van der Waals surface area contributed by atoms with Gasteiger partial charge in [-0.05, 0) is 26.5 Å². The highest BCUT2D eigenvalue weighted by Crippen LogP contribution is 2.13. The molecule has 5 heteroatoms. The SMILES string of the molecule is C.C/C=C/C(=O)OCC.CCOC(=O)CC(C)SCC. The summed E-state index contributed by atoms with van der Waals surface area (Å²) in [6, 6.07) is 0. The normalized spacial score (nSPS) is 10.8. The Bertz CT molecular complexity index is 265. The smallest absolute Gasteiger partial charge is 0.330 e. The third-order valence-electron chi connectivity index (χ3n) is 1.80. The highest BCUT2D eigenvalue weighted by atomic mass is 32.2. The highest BCUT2D eigenvalue weighted by Gasteiger charge is 2.08. The minimum absolute atomic E-state index is 0. The first-order valence-electron chi connectivity index (χ1n) is 6.58. The average molecular weight is 306 g/mol. The van der Waals surface area contributed by atoms with Crippen LogP contribution in [-0.4, -0.2) is 36.2 Å². The molecule has 1 atom stereocenters. The lowest BCUT2D eigenvalue weighted by Crippen LogP contribution is -2.10. The fourth-order valence-corrected chi connectivity index (χ4v) is 1.95. The third-order valence-corrected chi connectivity index (χ3v) is 2.87. The van der Waals surface area contributed by atoms with Crippen LogP contribution < -0.4 is 0 Å². The Kier molecular flexibility index (Phi) is 21.7. The molecule has 0 saturated heterocycles. The number of rotatable bonds is 7. The predicted octanol–water partition coefficient (Wildman–Crippen LogP) is 3.84. The number of hydrogen-bond donors (Lipinski definition) is 0. The molecule has 0 aliphatic carbocycles. The summed E-state index contributed by atoms with van der Waals surface area (Å²) in [6.07, 6.45) is 3.58. The molecule has 0 saturated carbocycles. The fraction of sp³-hybridized carbons (Fsp3) is 0.733. The second kappa shape index (κ2) is 18.0. The molecule has 0 aliphatic heterocycles. The number of carbonyl (C=O) groups excluding carboxylic acids is 2. The minimum atomic E-state index is -0.269. The van der Waals surface area contributed by atoms with E-state index in [1.54, 1.807) is 31.7 Å². The molecule has 0 aliphatic rings. The summed E-state index contributed by atoms with van der Waals surface area (Å²) in [4.78, 5) is 21.2. The molecule has 0 rings (SSSR count). The van der Waals surface area contributed by atoms with Crippen LogP contribution in [-0.2, 0) is 19.1 Å². The Balaban J connectivity index is -0.000000288. The topological polar surface area (TPSA) is 52.6 Å². The molecule has 0 N–H and O–H groups in total. The van der Waals surface area contributed by atoms with Crippen molar-refractivity contribution in [1.29, 1.82) is 0 Å². The van der Waals surface area contributed by atoms with Crippen molar-refractivity contribution in [2.45, 2.75) is 53.7 Å². The van der Waals surface area contributed by atoms with Gasteiger partial charge >= 0.3 is 11.9 Å². The lowest BCUT2D eigenvalue weighted by molar-refractivity contribution is -0.143. The van der Waals surface area contributed by atoms with E-state index in [0.717, 1.165) is 5.75 Å². The maximum absolute atomic E-state index is 10.9. The van der Waals surface area contributed by atoms with Crippen molar-refractivity contribution in [3.05, 3.63) is 12.2 Å². The van der Waals surface area contributed by atoms with Crippen LogP contribution in [0.15, 0.2) is 12.2 Å². The lowest BCUT2D eigenvalue weighted by atomic mass is 10.3. The summed E-state index contributed by atoms with van der Waals surface area (Å²) in [7, 11) is 0. The zero-order chi connectivity index (χ0) is 15.1. The summed E-state index contributed by atoms with van der Waals surface area (Å²) in [5.41, 5.74) is 0. The number of esters is 2.